The summed E-state index contributed by atoms with van der Waals surface area (Å²) in [4.78, 5) is 12.7. The standard InChI is InChI=1S/C33H35BrN2O2/c1-2-3-5-8-25-11-13-27(14-12-25)23-36-33(37)28-17-18-29(32(34)21-28)24-35-22-26-15-19-31(20-16-26)38-30-9-6-4-7-10-30/h4,6-7,9-21,35H,2-3,5,8,22-24H2,1H3,(H,36,37). The molecule has 38 heavy (non-hydrogen) atoms. The summed E-state index contributed by atoms with van der Waals surface area (Å²) in [7, 11) is 0. The van der Waals surface area contributed by atoms with Gasteiger partial charge in [-0.05, 0) is 71.5 Å². The summed E-state index contributed by atoms with van der Waals surface area (Å²) in [6.07, 6.45) is 4.84. The first-order valence-corrected chi connectivity index (χ1v) is 14.1. The van der Waals surface area contributed by atoms with Gasteiger partial charge in [0.15, 0.2) is 0 Å². The van der Waals surface area contributed by atoms with Crippen molar-refractivity contribution >= 4 is 21.8 Å². The zero-order chi connectivity index (χ0) is 26.6. The van der Waals surface area contributed by atoms with Crippen LogP contribution in [0.4, 0.5) is 0 Å². The maximum absolute atomic E-state index is 12.7. The molecular formula is C33H35BrN2O2. The van der Waals surface area contributed by atoms with Crippen LogP contribution in [-0.4, -0.2) is 5.91 Å². The van der Waals surface area contributed by atoms with Gasteiger partial charge in [-0.25, -0.2) is 0 Å². The van der Waals surface area contributed by atoms with Gasteiger partial charge in [-0.15, -0.1) is 0 Å². The van der Waals surface area contributed by atoms with Gasteiger partial charge in [-0.2, -0.15) is 0 Å². The fourth-order valence-electron chi connectivity index (χ4n) is 4.16. The summed E-state index contributed by atoms with van der Waals surface area (Å²) < 4.78 is 6.77. The normalized spacial score (nSPS) is 10.8. The molecule has 2 N–H and O–H groups in total. The molecule has 0 bridgehead atoms. The Morgan fingerprint density at radius 2 is 1.39 bits per heavy atom. The Hall–Kier alpha value is -3.41. The molecule has 0 aliphatic heterocycles. The number of hydrogen-bond acceptors (Lipinski definition) is 3. The van der Waals surface area contributed by atoms with Crippen LogP contribution < -0.4 is 15.4 Å². The Balaban J connectivity index is 1.22. The van der Waals surface area contributed by atoms with E-state index in [0.29, 0.717) is 18.7 Å². The first-order valence-electron chi connectivity index (χ1n) is 13.3. The highest BCUT2D eigenvalue weighted by atomic mass is 79.9. The van der Waals surface area contributed by atoms with E-state index in [-0.39, 0.29) is 5.91 Å². The molecule has 196 valence electrons. The molecule has 5 heteroatoms. The van der Waals surface area contributed by atoms with Crippen LogP contribution in [0.15, 0.2) is 102 Å². The van der Waals surface area contributed by atoms with E-state index < -0.39 is 0 Å². The number of ether oxygens (including phenoxy) is 1. The van der Waals surface area contributed by atoms with Crippen molar-refractivity contribution in [3.05, 3.63) is 129 Å². The highest BCUT2D eigenvalue weighted by Gasteiger charge is 2.09. The number of carbonyl (C=O) groups excluding carboxylic acids is 1. The first kappa shape index (κ1) is 27.6. The van der Waals surface area contributed by atoms with Gasteiger partial charge < -0.3 is 15.4 Å². The average molecular weight is 572 g/mol. The van der Waals surface area contributed by atoms with Gasteiger partial charge in [0.1, 0.15) is 11.5 Å². The number of nitrogens with one attached hydrogen (secondary N) is 2. The summed E-state index contributed by atoms with van der Waals surface area (Å²) in [5.41, 5.74) is 5.38. The van der Waals surface area contributed by atoms with Crippen molar-refractivity contribution in [2.24, 2.45) is 0 Å². The van der Waals surface area contributed by atoms with E-state index in [1.54, 1.807) is 0 Å². The van der Waals surface area contributed by atoms with Gasteiger partial charge in [-0.3, -0.25) is 4.79 Å². The Kier molecular flexibility index (Phi) is 10.5. The number of para-hydroxylation sites is 1. The molecule has 4 nitrogen and oxygen atoms in total. The van der Waals surface area contributed by atoms with Crippen LogP contribution in [0.25, 0.3) is 0 Å². The molecule has 0 atom stereocenters. The number of hydrogen-bond donors (Lipinski definition) is 2. The maximum atomic E-state index is 12.7. The highest BCUT2D eigenvalue weighted by Crippen LogP contribution is 2.22. The molecular weight excluding hydrogens is 536 g/mol. The summed E-state index contributed by atoms with van der Waals surface area (Å²) in [6, 6.07) is 32.2. The van der Waals surface area contributed by atoms with Crippen LogP contribution >= 0.6 is 15.9 Å². The van der Waals surface area contributed by atoms with Crippen molar-refractivity contribution < 1.29 is 9.53 Å². The lowest BCUT2D eigenvalue weighted by Crippen LogP contribution is -2.23. The Morgan fingerprint density at radius 3 is 2.11 bits per heavy atom. The number of aryl methyl sites for hydroxylation is 1. The van der Waals surface area contributed by atoms with E-state index in [0.717, 1.165) is 40.1 Å². The summed E-state index contributed by atoms with van der Waals surface area (Å²) in [5, 5.41) is 6.50. The van der Waals surface area contributed by atoms with Crippen molar-refractivity contribution in [1.29, 1.82) is 0 Å². The zero-order valence-electron chi connectivity index (χ0n) is 21.9. The topological polar surface area (TPSA) is 50.4 Å². The average Bonchev–Trinajstić information content (AvgIpc) is 2.95. The van der Waals surface area contributed by atoms with Crippen molar-refractivity contribution in [3.8, 4) is 11.5 Å². The Labute approximate surface area is 234 Å². The van der Waals surface area contributed by atoms with Crippen LogP contribution in [0.2, 0.25) is 0 Å². The largest absolute Gasteiger partial charge is 0.457 e. The third-order valence-electron chi connectivity index (χ3n) is 6.41. The van der Waals surface area contributed by atoms with E-state index in [2.05, 4.69) is 69.9 Å². The predicted molar refractivity (Wildman–Crippen MR) is 158 cm³/mol. The fourth-order valence-corrected chi connectivity index (χ4v) is 4.68. The van der Waals surface area contributed by atoms with Gasteiger partial charge in [0, 0.05) is 29.7 Å². The molecule has 0 fully saturated rings. The lowest BCUT2D eigenvalue weighted by atomic mass is 10.1. The molecule has 0 saturated carbocycles. The highest BCUT2D eigenvalue weighted by molar-refractivity contribution is 9.10. The van der Waals surface area contributed by atoms with Crippen LogP contribution in [-0.2, 0) is 26.1 Å². The van der Waals surface area contributed by atoms with Crippen LogP contribution in [0.5, 0.6) is 11.5 Å². The van der Waals surface area contributed by atoms with E-state index in [9.17, 15) is 4.79 Å². The minimum Gasteiger partial charge on any atom is -0.457 e. The molecule has 0 unspecified atom stereocenters. The Morgan fingerprint density at radius 1 is 0.737 bits per heavy atom. The molecule has 4 aromatic carbocycles. The number of halogens is 1. The molecule has 4 rings (SSSR count). The van der Waals surface area contributed by atoms with Crippen molar-refractivity contribution in [3.63, 3.8) is 0 Å². The minimum absolute atomic E-state index is 0.0740. The van der Waals surface area contributed by atoms with Crippen molar-refractivity contribution in [2.75, 3.05) is 0 Å². The molecule has 0 saturated heterocycles. The van der Waals surface area contributed by atoms with E-state index in [1.165, 1.54) is 30.4 Å². The predicted octanol–water partition coefficient (Wildman–Crippen LogP) is 8.19. The third kappa shape index (κ3) is 8.57. The molecule has 0 aliphatic rings. The molecule has 4 aromatic rings. The number of rotatable bonds is 13. The van der Waals surface area contributed by atoms with Gasteiger partial charge >= 0.3 is 0 Å². The Bertz CT molecular complexity index is 1290. The van der Waals surface area contributed by atoms with Gasteiger partial charge in [0.05, 0.1) is 0 Å². The number of benzene rings is 4. The molecule has 1 amide bonds. The lowest BCUT2D eigenvalue weighted by Gasteiger charge is -2.11. The van der Waals surface area contributed by atoms with Crippen LogP contribution in [0.3, 0.4) is 0 Å². The number of unbranched alkanes of at least 4 members (excludes halogenated alkanes) is 2. The molecule has 0 spiro atoms. The van der Waals surface area contributed by atoms with E-state index in [1.807, 2.05) is 60.7 Å². The second-order valence-electron chi connectivity index (χ2n) is 9.43. The van der Waals surface area contributed by atoms with Crippen molar-refractivity contribution in [2.45, 2.75) is 52.2 Å². The molecule has 0 radical (unpaired) electrons. The quantitative estimate of drug-likeness (QED) is 0.159. The molecule has 0 aromatic heterocycles. The monoisotopic (exact) mass is 570 g/mol. The number of carbonyl (C=O) groups is 1. The van der Waals surface area contributed by atoms with Gasteiger partial charge in [0.25, 0.3) is 5.91 Å². The first-order chi connectivity index (χ1) is 18.6. The maximum Gasteiger partial charge on any atom is 0.251 e. The number of amides is 1. The smallest absolute Gasteiger partial charge is 0.251 e. The summed E-state index contributed by atoms with van der Waals surface area (Å²) in [5.74, 6) is 1.57. The second kappa shape index (κ2) is 14.5. The van der Waals surface area contributed by atoms with Gasteiger partial charge in [0.2, 0.25) is 0 Å². The second-order valence-corrected chi connectivity index (χ2v) is 10.3. The van der Waals surface area contributed by atoms with Crippen molar-refractivity contribution in [1.82, 2.24) is 10.6 Å². The van der Waals surface area contributed by atoms with Crippen LogP contribution in [0.1, 0.15) is 58.8 Å². The molecule has 0 aliphatic carbocycles. The third-order valence-corrected chi connectivity index (χ3v) is 7.15. The lowest BCUT2D eigenvalue weighted by molar-refractivity contribution is 0.0951. The molecule has 0 heterocycles. The summed E-state index contributed by atoms with van der Waals surface area (Å²) in [6.45, 7) is 4.16. The van der Waals surface area contributed by atoms with Gasteiger partial charge in [-0.1, -0.05) is 96.4 Å². The fraction of sp³-hybridized carbons (Fsp3) is 0.242. The minimum atomic E-state index is -0.0740. The van der Waals surface area contributed by atoms with Crippen LogP contribution in [0, 0.1) is 0 Å². The van der Waals surface area contributed by atoms with E-state index >= 15 is 0 Å². The zero-order valence-corrected chi connectivity index (χ0v) is 23.5. The summed E-state index contributed by atoms with van der Waals surface area (Å²) >= 11 is 3.64. The van der Waals surface area contributed by atoms with E-state index in [4.69, 9.17) is 4.74 Å². The SMILES string of the molecule is CCCCCc1ccc(CNC(=O)c2ccc(CNCc3ccc(Oc4ccccc4)cc3)c(Br)c2)cc1.